The van der Waals surface area contributed by atoms with Crippen molar-refractivity contribution >= 4 is 27.3 Å². The molecule has 0 spiro atoms. The van der Waals surface area contributed by atoms with Gasteiger partial charge in [-0.3, -0.25) is 4.79 Å². The predicted molar refractivity (Wildman–Crippen MR) is 81.8 cm³/mol. The summed E-state index contributed by atoms with van der Waals surface area (Å²) in [6, 6.07) is 8.47. The highest BCUT2D eigenvalue weighted by molar-refractivity contribution is 7.17. The molecule has 1 saturated heterocycles. The van der Waals surface area contributed by atoms with E-state index in [1.54, 1.807) is 11.3 Å². The smallest absolute Gasteiger partial charge is 0.220 e. The van der Waals surface area contributed by atoms with Crippen molar-refractivity contribution in [3.8, 4) is 0 Å². The van der Waals surface area contributed by atoms with Crippen molar-refractivity contribution in [3.63, 3.8) is 0 Å². The summed E-state index contributed by atoms with van der Waals surface area (Å²) in [6.07, 6.45) is 2.77. The predicted octanol–water partition coefficient (Wildman–Crippen LogP) is 3.33. The van der Waals surface area contributed by atoms with Crippen molar-refractivity contribution in [2.45, 2.75) is 25.8 Å². The number of hydrogen-bond donors (Lipinski definition) is 1. The van der Waals surface area contributed by atoms with E-state index in [1.807, 2.05) is 0 Å². The summed E-state index contributed by atoms with van der Waals surface area (Å²) in [5.41, 5.74) is 1.16. The van der Waals surface area contributed by atoms with Gasteiger partial charge < -0.3 is 10.1 Å². The summed E-state index contributed by atoms with van der Waals surface area (Å²) in [5.74, 6) is 0.522. The Morgan fingerprint density at radius 3 is 3.20 bits per heavy atom. The minimum atomic E-state index is 0.130. The minimum absolute atomic E-state index is 0.130. The van der Waals surface area contributed by atoms with E-state index in [9.17, 15) is 4.79 Å². The van der Waals surface area contributed by atoms with Crippen LogP contribution in [0.1, 0.15) is 24.8 Å². The van der Waals surface area contributed by atoms with Crippen LogP contribution in [0.15, 0.2) is 29.6 Å². The largest absolute Gasteiger partial charge is 0.381 e. The number of hydrogen-bond acceptors (Lipinski definition) is 3. The number of amides is 1. The fourth-order valence-electron chi connectivity index (χ4n) is 2.63. The third-order valence-corrected chi connectivity index (χ3v) is 4.63. The number of benzene rings is 1. The maximum Gasteiger partial charge on any atom is 0.220 e. The first-order chi connectivity index (χ1) is 9.81. The molecule has 0 saturated carbocycles. The SMILES string of the molecule is O=C(C[C@@H]1CCCOC1)NCc1ccc2sccc2c1. The molecule has 1 N–H and O–H groups in total. The minimum Gasteiger partial charge on any atom is -0.381 e. The Labute approximate surface area is 122 Å². The average molecular weight is 289 g/mol. The maximum absolute atomic E-state index is 11.9. The van der Waals surface area contributed by atoms with E-state index >= 15 is 0 Å². The van der Waals surface area contributed by atoms with Crippen LogP contribution >= 0.6 is 11.3 Å². The van der Waals surface area contributed by atoms with Crippen LogP contribution in [-0.2, 0) is 16.1 Å². The first kappa shape index (κ1) is 13.6. The molecule has 0 aliphatic carbocycles. The fourth-order valence-corrected chi connectivity index (χ4v) is 3.40. The molecule has 1 aromatic carbocycles. The molecule has 1 amide bonds. The van der Waals surface area contributed by atoms with Crippen molar-refractivity contribution in [1.82, 2.24) is 5.32 Å². The van der Waals surface area contributed by atoms with Gasteiger partial charge in [-0.25, -0.2) is 0 Å². The van der Waals surface area contributed by atoms with Gasteiger partial charge in [0.05, 0.1) is 0 Å². The van der Waals surface area contributed by atoms with Crippen LogP contribution in [0.2, 0.25) is 0 Å². The molecule has 1 aliphatic heterocycles. The Hall–Kier alpha value is -1.39. The molecular formula is C16H19NO2S. The van der Waals surface area contributed by atoms with Crippen molar-refractivity contribution < 1.29 is 9.53 Å². The molecule has 20 heavy (non-hydrogen) atoms. The molecule has 2 heterocycles. The van der Waals surface area contributed by atoms with Crippen molar-refractivity contribution in [1.29, 1.82) is 0 Å². The number of thiophene rings is 1. The lowest BCUT2D eigenvalue weighted by Gasteiger charge is -2.21. The van der Waals surface area contributed by atoms with Crippen LogP contribution in [0.3, 0.4) is 0 Å². The number of carbonyl (C=O) groups excluding carboxylic acids is 1. The number of rotatable bonds is 4. The van der Waals surface area contributed by atoms with E-state index in [1.165, 1.54) is 10.1 Å². The highest BCUT2D eigenvalue weighted by atomic mass is 32.1. The fraction of sp³-hybridized carbons (Fsp3) is 0.438. The molecular weight excluding hydrogens is 270 g/mol. The monoisotopic (exact) mass is 289 g/mol. The second kappa shape index (κ2) is 6.37. The number of nitrogens with one attached hydrogen (secondary N) is 1. The zero-order chi connectivity index (χ0) is 13.8. The number of fused-ring (bicyclic) bond motifs is 1. The quantitative estimate of drug-likeness (QED) is 0.937. The lowest BCUT2D eigenvalue weighted by atomic mass is 9.98. The maximum atomic E-state index is 11.9. The molecule has 0 radical (unpaired) electrons. The summed E-state index contributed by atoms with van der Waals surface area (Å²) >= 11 is 1.74. The Bertz CT molecular complexity index is 587. The molecule has 0 bridgehead atoms. The third kappa shape index (κ3) is 3.38. The molecule has 1 aliphatic rings. The van der Waals surface area contributed by atoms with Gasteiger partial charge in [0.25, 0.3) is 0 Å². The lowest BCUT2D eigenvalue weighted by Crippen LogP contribution is -2.28. The molecule has 4 heteroatoms. The summed E-state index contributed by atoms with van der Waals surface area (Å²) in [4.78, 5) is 11.9. The summed E-state index contributed by atoms with van der Waals surface area (Å²) < 4.78 is 6.70. The van der Waals surface area contributed by atoms with E-state index in [0.29, 0.717) is 18.9 Å². The van der Waals surface area contributed by atoms with Crippen molar-refractivity contribution in [2.24, 2.45) is 5.92 Å². The van der Waals surface area contributed by atoms with E-state index in [2.05, 4.69) is 35.0 Å². The van der Waals surface area contributed by atoms with Gasteiger partial charge in [0, 0.05) is 30.9 Å². The third-order valence-electron chi connectivity index (χ3n) is 3.74. The van der Waals surface area contributed by atoms with Crippen molar-refractivity contribution in [3.05, 3.63) is 35.2 Å². The first-order valence-corrected chi connectivity index (χ1v) is 8.00. The Balaban J connectivity index is 1.51. The average Bonchev–Trinajstić information content (AvgIpc) is 2.93. The molecule has 3 nitrogen and oxygen atoms in total. The molecule has 106 valence electrons. The van der Waals surface area contributed by atoms with Crippen LogP contribution in [0.25, 0.3) is 10.1 Å². The second-order valence-electron chi connectivity index (χ2n) is 5.36. The standard InChI is InChI=1S/C16H19NO2S/c18-16(9-13-2-1-6-19-11-13)17-10-12-3-4-15-14(8-12)5-7-20-15/h3-5,7-8,13H,1-2,6,9-11H2,(H,17,18)/t13-/m0/s1. The highest BCUT2D eigenvalue weighted by Gasteiger charge is 2.17. The molecule has 2 aromatic rings. The Morgan fingerprint density at radius 2 is 2.35 bits per heavy atom. The normalized spacial score (nSPS) is 19.1. The van der Waals surface area contributed by atoms with E-state index in [4.69, 9.17) is 4.74 Å². The van der Waals surface area contributed by atoms with E-state index in [-0.39, 0.29) is 5.91 Å². The second-order valence-corrected chi connectivity index (χ2v) is 6.30. The Kier molecular flexibility index (Phi) is 4.33. The lowest BCUT2D eigenvalue weighted by molar-refractivity contribution is -0.123. The van der Waals surface area contributed by atoms with E-state index in [0.717, 1.165) is 31.6 Å². The van der Waals surface area contributed by atoms with Crippen LogP contribution in [-0.4, -0.2) is 19.1 Å². The van der Waals surface area contributed by atoms with Gasteiger partial charge in [0.2, 0.25) is 5.91 Å². The summed E-state index contributed by atoms with van der Waals surface area (Å²) in [6.45, 7) is 2.19. The molecule has 1 atom stereocenters. The van der Waals surface area contributed by atoms with Gasteiger partial charge >= 0.3 is 0 Å². The summed E-state index contributed by atoms with van der Waals surface area (Å²) in [5, 5.41) is 6.36. The highest BCUT2D eigenvalue weighted by Crippen LogP contribution is 2.22. The Morgan fingerprint density at radius 1 is 1.40 bits per heavy atom. The molecule has 1 aromatic heterocycles. The zero-order valence-corrected chi connectivity index (χ0v) is 12.2. The van der Waals surface area contributed by atoms with Crippen molar-refractivity contribution in [2.75, 3.05) is 13.2 Å². The summed E-state index contributed by atoms with van der Waals surface area (Å²) in [7, 11) is 0. The van der Waals surface area contributed by atoms with Crippen LogP contribution in [0, 0.1) is 5.92 Å². The zero-order valence-electron chi connectivity index (χ0n) is 11.4. The molecule has 3 rings (SSSR count). The van der Waals surface area contributed by atoms with Gasteiger partial charge in [-0.05, 0) is 53.3 Å². The van der Waals surface area contributed by atoms with Gasteiger partial charge in [-0.1, -0.05) is 6.07 Å². The van der Waals surface area contributed by atoms with Gasteiger partial charge in [-0.2, -0.15) is 0 Å². The van der Waals surface area contributed by atoms with E-state index < -0.39 is 0 Å². The van der Waals surface area contributed by atoms with Crippen LogP contribution in [0.5, 0.6) is 0 Å². The number of carbonyl (C=O) groups is 1. The van der Waals surface area contributed by atoms with Gasteiger partial charge in [0.15, 0.2) is 0 Å². The van der Waals surface area contributed by atoms with Gasteiger partial charge in [-0.15, -0.1) is 11.3 Å². The molecule has 1 fully saturated rings. The van der Waals surface area contributed by atoms with Crippen LogP contribution in [0.4, 0.5) is 0 Å². The number of ether oxygens (including phenoxy) is 1. The molecule has 0 unspecified atom stereocenters. The van der Waals surface area contributed by atoms with Crippen LogP contribution < -0.4 is 5.32 Å². The first-order valence-electron chi connectivity index (χ1n) is 7.12. The van der Waals surface area contributed by atoms with Gasteiger partial charge in [0.1, 0.15) is 0 Å². The topological polar surface area (TPSA) is 38.3 Å².